The highest BCUT2D eigenvalue weighted by Gasteiger charge is 2.19. The topological polar surface area (TPSA) is 72.1 Å². The van der Waals surface area contributed by atoms with Crippen LogP contribution in [0.25, 0.3) is 0 Å². The molecule has 0 amide bonds. The van der Waals surface area contributed by atoms with Gasteiger partial charge < -0.3 is 14.8 Å². The van der Waals surface area contributed by atoms with Crippen molar-refractivity contribution in [2.45, 2.75) is 32.2 Å². The van der Waals surface area contributed by atoms with E-state index in [4.69, 9.17) is 9.47 Å². The SMILES string of the molecule is COC(OC)C(C)NC(C)c1ncn[nH]1. The Bertz CT molecular complexity index is 261. The van der Waals surface area contributed by atoms with Gasteiger partial charge in [-0.05, 0) is 13.8 Å². The maximum Gasteiger partial charge on any atom is 0.171 e. The van der Waals surface area contributed by atoms with E-state index in [-0.39, 0.29) is 18.4 Å². The van der Waals surface area contributed by atoms with Crippen LogP contribution in [0.1, 0.15) is 25.7 Å². The predicted octanol–water partition coefficient (Wildman–Crippen LogP) is 0.463. The highest BCUT2D eigenvalue weighted by atomic mass is 16.7. The monoisotopic (exact) mass is 214 g/mol. The second kappa shape index (κ2) is 5.79. The second-order valence-corrected chi connectivity index (χ2v) is 3.39. The average Bonchev–Trinajstić information content (AvgIpc) is 2.72. The summed E-state index contributed by atoms with van der Waals surface area (Å²) in [7, 11) is 3.23. The Kier molecular flexibility index (Phi) is 4.67. The zero-order valence-electron chi connectivity index (χ0n) is 9.52. The summed E-state index contributed by atoms with van der Waals surface area (Å²) in [6.45, 7) is 3.99. The molecule has 0 bridgehead atoms. The fourth-order valence-corrected chi connectivity index (χ4v) is 1.48. The lowest BCUT2D eigenvalue weighted by Crippen LogP contribution is -2.41. The van der Waals surface area contributed by atoms with Crippen LogP contribution in [0, 0.1) is 0 Å². The third-order valence-corrected chi connectivity index (χ3v) is 2.23. The molecule has 6 heteroatoms. The van der Waals surface area contributed by atoms with Gasteiger partial charge in [-0.3, -0.25) is 5.10 Å². The summed E-state index contributed by atoms with van der Waals surface area (Å²) in [4.78, 5) is 4.07. The molecule has 1 aromatic rings. The van der Waals surface area contributed by atoms with Gasteiger partial charge in [-0.25, -0.2) is 4.98 Å². The van der Waals surface area contributed by atoms with Gasteiger partial charge in [0.15, 0.2) is 6.29 Å². The lowest BCUT2D eigenvalue weighted by atomic mass is 10.2. The Morgan fingerprint density at radius 2 is 2.00 bits per heavy atom. The lowest BCUT2D eigenvalue weighted by molar-refractivity contribution is -0.120. The van der Waals surface area contributed by atoms with Crippen molar-refractivity contribution < 1.29 is 9.47 Å². The van der Waals surface area contributed by atoms with Gasteiger partial charge in [0.1, 0.15) is 12.2 Å². The van der Waals surface area contributed by atoms with Gasteiger partial charge >= 0.3 is 0 Å². The number of aromatic amines is 1. The molecule has 15 heavy (non-hydrogen) atoms. The van der Waals surface area contributed by atoms with Crippen molar-refractivity contribution in [1.82, 2.24) is 20.5 Å². The van der Waals surface area contributed by atoms with Crippen LogP contribution in [0.5, 0.6) is 0 Å². The Labute approximate surface area is 89.4 Å². The summed E-state index contributed by atoms with van der Waals surface area (Å²) < 4.78 is 10.3. The molecule has 0 spiro atoms. The summed E-state index contributed by atoms with van der Waals surface area (Å²) in [5, 5.41) is 9.91. The molecule has 0 aliphatic rings. The molecule has 2 unspecified atom stereocenters. The minimum Gasteiger partial charge on any atom is -0.354 e. The van der Waals surface area contributed by atoms with Crippen LogP contribution in [0.4, 0.5) is 0 Å². The number of H-pyrrole nitrogens is 1. The van der Waals surface area contributed by atoms with Crippen LogP contribution >= 0.6 is 0 Å². The van der Waals surface area contributed by atoms with Crippen molar-refractivity contribution in [3.05, 3.63) is 12.2 Å². The minimum atomic E-state index is -0.268. The van der Waals surface area contributed by atoms with Crippen LogP contribution in [0.15, 0.2) is 6.33 Å². The number of hydrogen-bond donors (Lipinski definition) is 2. The first-order chi connectivity index (χ1) is 7.19. The summed E-state index contributed by atoms with van der Waals surface area (Å²) >= 11 is 0. The van der Waals surface area contributed by atoms with Crippen molar-refractivity contribution in [2.75, 3.05) is 14.2 Å². The molecule has 0 aromatic carbocycles. The van der Waals surface area contributed by atoms with Gasteiger partial charge in [0.2, 0.25) is 0 Å². The Morgan fingerprint density at radius 1 is 1.33 bits per heavy atom. The molecule has 2 atom stereocenters. The number of nitrogens with one attached hydrogen (secondary N) is 2. The summed E-state index contributed by atoms with van der Waals surface area (Å²) in [6, 6.07) is 0.149. The number of hydrogen-bond acceptors (Lipinski definition) is 5. The highest BCUT2D eigenvalue weighted by Crippen LogP contribution is 2.08. The third-order valence-electron chi connectivity index (χ3n) is 2.23. The van der Waals surface area contributed by atoms with Gasteiger partial charge in [-0.15, -0.1) is 0 Å². The summed E-state index contributed by atoms with van der Waals surface area (Å²) in [5.74, 6) is 0.799. The van der Waals surface area contributed by atoms with E-state index in [1.54, 1.807) is 14.2 Å². The highest BCUT2D eigenvalue weighted by molar-refractivity contribution is 4.89. The number of nitrogens with zero attached hydrogens (tertiary/aromatic N) is 2. The van der Waals surface area contributed by atoms with Gasteiger partial charge in [-0.2, -0.15) is 5.10 Å². The molecule has 6 nitrogen and oxygen atoms in total. The Morgan fingerprint density at radius 3 is 2.47 bits per heavy atom. The van der Waals surface area contributed by atoms with Crippen molar-refractivity contribution in [3.8, 4) is 0 Å². The van der Waals surface area contributed by atoms with E-state index in [1.165, 1.54) is 6.33 Å². The van der Waals surface area contributed by atoms with Crippen LogP contribution in [0.2, 0.25) is 0 Å². The third kappa shape index (κ3) is 3.26. The molecule has 0 radical (unpaired) electrons. The zero-order chi connectivity index (χ0) is 11.3. The van der Waals surface area contributed by atoms with Crippen LogP contribution in [-0.2, 0) is 9.47 Å². The van der Waals surface area contributed by atoms with Crippen LogP contribution in [0.3, 0.4) is 0 Å². The minimum absolute atomic E-state index is 0.0695. The first-order valence-corrected chi connectivity index (χ1v) is 4.86. The number of ether oxygens (including phenoxy) is 2. The van der Waals surface area contributed by atoms with E-state index in [1.807, 2.05) is 13.8 Å². The number of methoxy groups -OCH3 is 2. The maximum absolute atomic E-state index is 5.15. The molecule has 1 rings (SSSR count). The molecular formula is C9H18N4O2. The van der Waals surface area contributed by atoms with Gasteiger partial charge in [-0.1, -0.05) is 0 Å². The first kappa shape index (κ1) is 12.1. The number of rotatable bonds is 6. The second-order valence-electron chi connectivity index (χ2n) is 3.39. The van der Waals surface area contributed by atoms with Gasteiger partial charge in [0.25, 0.3) is 0 Å². The summed E-state index contributed by atoms with van der Waals surface area (Å²) in [6.07, 6.45) is 1.22. The fourth-order valence-electron chi connectivity index (χ4n) is 1.48. The van der Waals surface area contributed by atoms with Crippen molar-refractivity contribution in [1.29, 1.82) is 0 Å². The summed E-state index contributed by atoms with van der Waals surface area (Å²) in [5.41, 5.74) is 0. The van der Waals surface area contributed by atoms with Crippen LogP contribution in [-0.4, -0.2) is 41.7 Å². The van der Waals surface area contributed by atoms with Crippen LogP contribution < -0.4 is 5.32 Å². The molecular weight excluding hydrogens is 196 g/mol. The molecule has 1 aromatic heterocycles. The molecule has 0 fully saturated rings. The molecule has 2 N–H and O–H groups in total. The average molecular weight is 214 g/mol. The van der Waals surface area contributed by atoms with Gasteiger partial charge in [0, 0.05) is 14.2 Å². The van der Waals surface area contributed by atoms with Crippen molar-refractivity contribution >= 4 is 0 Å². The standard InChI is InChI=1S/C9H18N4O2/c1-6(8-10-5-11-13-8)12-7(2)9(14-3)15-4/h5-7,9,12H,1-4H3,(H,10,11,13). The Hall–Kier alpha value is -0.980. The van der Waals surface area contributed by atoms with E-state index >= 15 is 0 Å². The molecule has 0 aliphatic heterocycles. The number of aromatic nitrogens is 3. The lowest BCUT2D eigenvalue weighted by Gasteiger charge is -2.24. The van der Waals surface area contributed by atoms with E-state index in [2.05, 4.69) is 20.5 Å². The normalized spacial score (nSPS) is 15.5. The smallest absolute Gasteiger partial charge is 0.171 e. The predicted molar refractivity (Wildman–Crippen MR) is 55.2 cm³/mol. The largest absolute Gasteiger partial charge is 0.354 e. The molecule has 0 aliphatic carbocycles. The maximum atomic E-state index is 5.15. The first-order valence-electron chi connectivity index (χ1n) is 4.86. The van der Waals surface area contributed by atoms with Crippen molar-refractivity contribution in [3.63, 3.8) is 0 Å². The molecule has 0 saturated carbocycles. The van der Waals surface area contributed by atoms with E-state index in [0.29, 0.717) is 0 Å². The molecule has 0 saturated heterocycles. The van der Waals surface area contributed by atoms with Gasteiger partial charge in [0.05, 0.1) is 12.1 Å². The zero-order valence-corrected chi connectivity index (χ0v) is 9.52. The Balaban J connectivity index is 2.47. The van der Waals surface area contributed by atoms with E-state index in [9.17, 15) is 0 Å². The molecule has 1 heterocycles. The fraction of sp³-hybridized carbons (Fsp3) is 0.778. The van der Waals surface area contributed by atoms with Crippen molar-refractivity contribution in [2.24, 2.45) is 0 Å². The molecule has 86 valence electrons. The quantitative estimate of drug-likeness (QED) is 0.673. The van der Waals surface area contributed by atoms with E-state index in [0.717, 1.165) is 5.82 Å². The van der Waals surface area contributed by atoms with E-state index < -0.39 is 0 Å².